The highest BCUT2D eigenvalue weighted by Crippen LogP contribution is 2.21. The summed E-state index contributed by atoms with van der Waals surface area (Å²) < 4.78 is 0.992. The molecule has 3 heteroatoms. The van der Waals surface area contributed by atoms with E-state index in [0.29, 0.717) is 0 Å². The molecule has 1 aromatic carbocycles. The number of nitrogens with one attached hydrogen (secondary N) is 1. The second-order valence-electron chi connectivity index (χ2n) is 4.08. The number of pyridine rings is 1. The van der Waals surface area contributed by atoms with E-state index in [1.807, 2.05) is 12.1 Å². The molecule has 0 aliphatic carbocycles. The van der Waals surface area contributed by atoms with Crippen LogP contribution in [0.4, 0.5) is 5.82 Å². The summed E-state index contributed by atoms with van der Waals surface area (Å²) in [4.78, 5) is 4.32. The Kier molecular flexibility index (Phi) is 3.79. The number of aryl methyl sites for hydroxylation is 1. The average molecular weight is 291 g/mol. The van der Waals surface area contributed by atoms with Gasteiger partial charge in [0.2, 0.25) is 0 Å². The second-order valence-corrected chi connectivity index (χ2v) is 5.00. The summed E-state index contributed by atoms with van der Waals surface area (Å²) in [5.74, 6) is 0.893. The number of aromatic nitrogens is 1. The van der Waals surface area contributed by atoms with Gasteiger partial charge in [-0.3, -0.25) is 0 Å². The van der Waals surface area contributed by atoms with Gasteiger partial charge in [0.1, 0.15) is 5.82 Å². The molecule has 0 bridgehead atoms. The van der Waals surface area contributed by atoms with E-state index >= 15 is 0 Å². The Bertz CT molecular complexity index is 494. The van der Waals surface area contributed by atoms with Crippen molar-refractivity contribution >= 4 is 21.7 Å². The lowest BCUT2D eigenvalue weighted by Crippen LogP contribution is -2.08. The molecule has 17 heavy (non-hydrogen) atoms. The number of rotatable bonds is 3. The molecule has 1 N–H and O–H groups in total. The summed E-state index contributed by atoms with van der Waals surface area (Å²) in [6, 6.07) is 12.6. The van der Waals surface area contributed by atoms with Crippen molar-refractivity contribution in [1.29, 1.82) is 0 Å². The first-order valence-corrected chi connectivity index (χ1v) is 6.40. The Balaban J connectivity index is 2.14. The van der Waals surface area contributed by atoms with E-state index in [4.69, 9.17) is 0 Å². The smallest absolute Gasteiger partial charge is 0.126 e. The van der Waals surface area contributed by atoms with Gasteiger partial charge in [0.15, 0.2) is 0 Å². The van der Waals surface area contributed by atoms with Gasteiger partial charge in [-0.05, 0) is 53.0 Å². The fourth-order valence-electron chi connectivity index (χ4n) is 1.83. The van der Waals surface area contributed by atoms with E-state index in [1.54, 1.807) is 6.20 Å². The van der Waals surface area contributed by atoms with E-state index in [0.717, 1.165) is 10.3 Å². The van der Waals surface area contributed by atoms with Crippen molar-refractivity contribution in [2.45, 2.75) is 19.9 Å². The van der Waals surface area contributed by atoms with Crippen LogP contribution in [0.3, 0.4) is 0 Å². The van der Waals surface area contributed by atoms with E-state index in [1.165, 1.54) is 11.1 Å². The maximum absolute atomic E-state index is 4.32. The van der Waals surface area contributed by atoms with Crippen molar-refractivity contribution < 1.29 is 0 Å². The molecule has 88 valence electrons. The number of anilines is 1. The summed E-state index contributed by atoms with van der Waals surface area (Å²) >= 11 is 3.38. The van der Waals surface area contributed by atoms with Crippen LogP contribution in [0, 0.1) is 6.92 Å². The van der Waals surface area contributed by atoms with Crippen molar-refractivity contribution in [2.75, 3.05) is 5.32 Å². The highest BCUT2D eigenvalue weighted by molar-refractivity contribution is 9.10. The van der Waals surface area contributed by atoms with E-state index in [2.05, 4.69) is 64.3 Å². The molecule has 2 aromatic rings. The van der Waals surface area contributed by atoms with Gasteiger partial charge in [0.05, 0.1) is 6.04 Å². The van der Waals surface area contributed by atoms with Gasteiger partial charge in [-0.15, -0.1) is 0 Å². The van der Waals surface area contributed by atoms with Crippen LogP contribution in [-0.2, 0) is 0 Å². The van der Waals surface area contributed by atoms with Crippen LogP contribution in [0.5, 0.6) is 0 Å². The lowest BCUT2D eigenvalue weighted by Gasteiger charge is -2.17. The first-order valence-electron chi connectivity index (χ1n) is 5.60. The SMILES string of the molecule is Cc1ccccc1C(C)Nc1ccc(Br)cn1. The molecule has 0 amide bonds. The first kappa shape index (κ1) is 12.1. The molecule has 0 fully saturated rings. The van der Waals surface area contributed by atoms with Gasteiger partial charge < -0.3 is 5.32 Å². The molecular formula is C14H15BrN2. The zero-order valence-corrected chi connectivity index (χ0v) is 11.5. The van der Waals surface area contributed by atoms with E-state index in [-0.39, 0.29) is 6.04 Å². The second kappa shape index (κ2) is 5.32. The molecule has 0 saturated carbocycles. The third kappa shape index (κ3) is 3.07. The summed E-state index contributed by atoms with van der Waals surface area (Å²) in [5.41, 5.74) is 2.60. The van der Waals surface area contributed by atoms with Crippen LogP contribution in [0.25, 0.3) is 0 Å². The Labute approximate surface area is 110 Å². The largest absolute Gasteiger partial charge is 0.364 e. The fourth-order valence-corrected chi connectivity index (χ4v) is 2.07. The highest BCUT2D eigenvalue weighted by Gasteiger charge is 2.07. The molecule has 1 unspecified atom stereocenters. The number of halogens is 1. The van der Waals surface area contributed by atoms with Crippen molar-refractivity contribution in [2.24, 2.45) is 0 Å². The van der Waals surface area contributed by atoms with Gasteiger partial charge in [-0.25, -0.2) is 4.98 Å². The molecule has 2 nitrogen and oxygen atoms in total. The van der Waals surface area contributed by atoms with E-state index < -0.39 is 0 Å². The van der Waals surface area contributed by atoms with Gasteiger partial charge in [0, 0.05) is 10.7 Å². The summed E-state index contributed by atoms with van der Waals surface area (Å²) in [7, 11) is 0. The fraction of sp³-hybridized carbons (Fsp3) is 0.214. The third-order valence-corrected chi connectivity index (χ3v) is 3.22. The Morgan fingerprint density at radius 1 is 1.18 bits per heavy atom. The van der Waals surface area contributed by atoms with Crippen LogP contribution in [0.1, 0.15) is 24.1 Å². The number of hydrogen-bond acceptors (Lipinski definition) is 2. The van der Waals surface area contributed by atoms with Crippen LogP contribution in [0.15, 0.2) is 47.1 Å². The van der Waals surface area contributed by atoms with Crippen molar-refractivity contribution in [3.8, 4) is 0 Å². The molecule has 2 rings (SSSR count). The molecular weight excluding hydrogens is 276 g/mol. The van der Waals surface area contributed by atoms with Crippen LogP contribution < -0.4 is 5.32 Å². The van der Waals surface area contributed by atoms with Gasteiger partial charge in [0.25, 0.3) is 0 Å². The van der Waals surface area contributed by atoms with Crippen molar-refractivity contribution in [1.82, 2.24) is 4.98 Å². The third-order valence-electron chi connectivity index (χ3n) is 2.75. The standard InChI is InChI=1S/C14H15BrN2/c1-10-5-3-4-6-13(10)11(2)17-14-8-7-12(15)9-16-14/h3-9,11H,1-2H3,(H,16,17). The maximum Gasteiger partial charge on any atom is 0.126 e. The van der Waals surface area contributed by atoms with Gasteiger partial charge in [-0.1, -0.05) is 24.3 Å². The molecule has 0 aliphatic heterocycles. The lowest BCUT2D eigenvalue weighted by atomic mass is 10.0. The Morgan fingerprint density at radius 3 is 2.59 bits per heavy atom. The molecule has 1 heterocycles. The van der Waals surface area contributed by atoms with Gasteiger partial charge in [-0.2, -0.15) is 0 Å². The molecule has 0 spiro atoms. The molecule has 1 aromatic heterocycles. The quantitative estimate of drug-likeness (QED) is 0.910. The van der Waals surface area contributed by atoms with Gasteiger partial charge >= 0.3 is 0 Å². The highest BCUT2D eigenvalue weighted by atomic mass is 79.9. The number of nitrogens with zero attached hydrogens (tertiary/aromatic N) is 1. The lowest BCUT2D eigenvalue weighted by molar-refractivity contribution is 0.864. The minimum atomic E-state index is 0.255. The van der Waals surface area contributed by atoms with Crippen molar-refractivity contribution in [3.63, 3.8) is 0 Å². The topological polar surface area (TPSA) is 24.9 Å². The first-order chi connectivity index (χ1) is 8.16. The monoisotopic (exact) mass is 290 g/mol. The Hall–Kier alpha value is -1.35. The normalized spacial score (nSPS) is 12.2. The minimum Gasteiger partial charge on any atom is -0.364 e. The van der Waals surface area contributed by atoms with E-state index in [9.17, 15) is 0 Å². The predicted octanol–water partition coefficient (Wildman–Crippen LogP) is 4.33. The number of hydrogen-bond donors (Lipinski definition) is 1. The molecule has 1 atom stereocenters. The maximum atomic E-state index is 4.32. The van der Waals surface area contributed by atoms with Crippen molar-refractivity contribution in [3.05, 3.63) is 58.2 Å². The molecule has 0 aliphatic rings. The zero-order chi connectivity index (χ0) is 12.3. The summed E-state index contributed by atoms with van der Waals surface area (Å²) in [6.07, 6.45) is 1.80. The summed E-state index contributed by atoms with van der Waals surface area (Å²) in [5, 5.41) is 3.39. The van der Waals surface area contributed by atoms with Crippen LogP contribution in [0.2, 0.25) is 0 Å². The molecule has 0 saturated heterocycles. The predicted molar refractivity (Wildman–Crippen MR) is 75.2 cm³/mol. The Morgan fingerprint density at radius 2 is 1.94 bits per heavy atom. The van der Waals surface area contributed by atoms with Crippen LogP contribution in [-0.4, -0.2) is 4.98 Å². The average Bonchev–Trinajstić information content (AvgIpc) is 2.32. The molecule has 0 radical (unpaired) electrons. The number of benzene rings is 1. The van der Waals surface area contributed by atoms with Crippen LogP contribution >= 0.6 is 15.9 Å². The minimum absolute atomic E-state index is 0.255. The zero-order valence-electron chi connectivity index (χ0n) is 9.94. The summed E-state index contributed by atoms with van der Waals surface area (Å²) in [6.45, 7) is 4.27.